The van der Waals surface area contributed by atoms with Gasteiger partial charge >= 0.3 is 6.09 Å². The van der Waals surface area contributed by atoms with Crippen molar-refractivity contribution in [2.24, 2.45) is 0 Å². The minimum Gasteiger partial charge on any atom is -0.406 e. The van der Waals surface area contributed by atoms with Gasteiger partial charge in [0, 0.05) is 6.92 Å². The van der Waals surface area contributed by atoms with E-state index >= 15 is 0 Å². The zero-order valence-corrected chi connectivity index (χ0v) is 11.4. The van der Waals surface area contributed by atoms with Gasteiger partial charge in [0.25, 0.3) is 5.79 Å². The third-order valence-electron chi connectivity index (χ3n) is 3.52. The van der Waals surface area contributed by atoms with Crippen molar-refractivity contribution in [3.63, 3.8) is 0 Å². The Morgan fingerprint density at radius 3 is 2.60 bits per heavy atom. The molecule has 0 N–H and O–H groups in total. The summed E-state index contributed by atoms with van der Waals surface area (Å²) in [7, 11) is 0. The van der Waals surface area contributed by atoms with Gasteiger partial charge in [-0.1, -0.05) is 0 Å². The number of carbonyl (C=O) groups is 3. The molecular weight excluding hydrogens is 270 g/mol. The van der Waals surface area contributed by atoms with E-state index in [9.17, 15) is 14.4 Å². The van der Waals surface area contributed by atoms with Gasteiger partial charge < -0.3 is 18.9 Å². The summed E-state index contributed by atoms with van der Waals surface area (Å²) in [6.45, 7) is 4.39. The number of ether oxygens (including phenoxy) is 4. The maximum Gasteiger partial charge on any atom is 0.419 e. The quantitative estimate of drug-likeness (QED) is 0.608. The van der Waals surface area contributed by atoms with E-state index in [2.05, 4.69) is 0 Å². The summed E-state index contributed by atoms with van der Waals surface area (Å²) >= 11 is 0. The van der Waals surface area contributed by atoms with Crippen molar-refractivity contribution in [3.8, 4) is 0 Å². The molecular formula is C12H15NO7. The van der Waals surface area contributed by atoms with Crippen LogP contribution in [0.25, 0.3) is 0 Å². The van der Waals surface area contributed by atoms with Crippen molar-refractivity contribution >= 4 is 17.8 Å². The maximum atomic E-state index is 12.5. The molecule has 3 aliphatic rings. The van der Waals surface area contributed by atoms with Crippen LogP contribution in [0.15, 0.2) is 0 Å². The molecule has 0 bridgehead atoms. The summed E-state index contributed by atoms with van der Waals surface area (Å²) in [6.07, 6.45) is -2.28. The number of rotatable bonds is 0. The van der Waals surface area contributed by atoms with Crippen LogP contribution >= 0.6 is 0 Å². The zero-order chi connectivity index (χ0) is 14.7. The molecule has 0 aromatic carbocycles. The second-order valence-corrected chi connectivity index (χ2v) is 5.50. The van der Waals surface area contributed by atoms with Gasteiger partial charge in [-0.15, -0.1) is 0 Å². The Labute approximate surface area is 114 Å². The summed E-state index contributed by atoms with van der Waals surface area (Å²) in [5, 5.41) is 0. The first-order valence-corrected chi connectivity index (χ1v) is 6.29. The Hall–Kier alpha value is -1.51. The number of hydrogen-bond acceptors (Lipinski definition) is 7. The first kappa shape index (κ1) is 13.5. The lowest BCUT2D eigenvalue weighted by atomic mass is 9.99. The van der Waals surface area contributed by atoms with Gasteiger partial charge in [-0.2, -0.15) is 0 Å². The van der Waals surface area contributed by atoms with Crippen LogP contribution < -0.4 is 0 Å². The fourth-order valence-corrected chi connectivity index (χ4v) is 2.63. The third-order valence-corrected chi connectivity index (χ3v) is 3.52. The summed E-state index contributed by atoms with van der Waals surface area (Å²) in [6, 6.07) is 0. The highest BCUT2D eigenvalue weighted by atomic mass is 16.8. The van der Waals surface area contributed by atoms with Gasteiger partial charge in [0.2, 0.25) is 11.7 Å². The largest absolute Gasteiger partial charge is 0.419 e. The van der Waals surface area contributed by atoms with Crippen LogP contribution in [0.2, 0.25) is 0 Å². The van der Waals surface area contributed by atoms with Crippen molar-refractivity contribution in [2.45, 2.75) is 44.6 Å². The van der Waals surface area contributed by atoms with Gasteiger partial charge in [0.1, 0.15) is 12.6 Å². The average Bonchev–Trinajstić information content (AvgIpc) is 2.83. The number of ketones is 1. The van der Waals surface area contributed by atoms with Crippen LogP contribution in [0.4, 0.5) is 4.79 Å². The molecule has 8 nitrogen and oxygen atoms in total. The highest BCUT2D eigenvalue weighted by Crippen LogP contribution is 2.38. The number of nitrogens with zero attached hydrogens (tertiary/aromatic N) is 1. The molecule has 3 fully saturated rings. The fraction of sp³-hybridized carbons (Fsp3) is 0.750. The molecule has 20 heavy (non-hydrogen) atoms. The number of carbonyl (C=O) groups excluding carboxylic acids is 3. The Balaban J connectivity index is 1.85. The first-order valence-electron chi connectivity index (χ1n) is 6.29. The zero-order valence-electron chi connectivity index (χ0n) is 11.4. The number of Topliss-reactive ketones (excluding diaryl/α,β-unsaturated/α-hetero) is 1. The first-order chi connectivity index (χ1) is 9.24. The van der Waals surface area contributed by atoms with Crippen molar-refractivity contribution in [1.82, 2.24) is 4.90 Å². The highest BCUT2D eigenvalue weighted by Gasteiger charge is 2.63. The highest BCUT2D eigenvalue weighted by molar-refractivity contribution is 5.99. The molecule has 8 heteroatoms. The van der Waals surface area contributed by atoms with Crippen LogP contribution in [0, 0.1) is 0 Å². The van der Waals surface area contributed by atoms with Gasteiger partial charge in [0.05, 0.1) is 6.61 Å². The smallest absolute Gasteiger partial charge is 0.406 e. The molecule has 3 aliphatic heterocycles. The van der Waals surface area contributed by atoms with Crippen LogP contribution in [0.5, 0.6) is 0 Å². The lowest BCUT2D eigenvalue weighted by Crippen LogP contribution is -2.59. The van der Waals surface area contributed by atoms with Crippen LogP contribution in [-0.2, 0) is 28.5 Å². The topological polar surface area (TPSA) is 91.4 Å². The lowest BCUT2D eigenvalue weighted by Gasteiger charge is -2.33. The van der Waals surface area contributed by atoms with Crippen molar-refractivity contribution in [3.05, 3.63) is 0 Å². The Morgan fingerprint density at radius 1 is 1.30 bits per heavy atom. The van der Waals surface area contributed by atoms with E-state index in [-0.39, 0.29) is 13.2 Å². The Kier molecular flexibility index (Phi) is 2.69. The minimum absolute atomic E-state index is 0.0544. The monoisotopic (exact) mass is 285 g/mol. The van der Waals surface area contributed by atoms with E-state index in [1.165, 1.54) is 6.92 Å². The second-order valence-electron chi connectivity index (χ2n) is 5.50. The van der Waals surface area contributed by atoms with E-state index in [1.54, 1.807) is 13.8 Å². The molecule has 0 radical (unpaired) electrons. The molecule has 3 atom stereocenters. The van der Waals surface area contributed by atoms with Gasteiger partial charge in [-0.25, -0.2) is 9.69 Å². The summed E-state index contributed by atoms with van der Waals surface area (Å²) in [5.74, 6) is -3.71. The van der Waals surface area contributed by atoms with Crippen LogP contribution in [-0.4, -0.2) is 59.6 Å². The van der Waals surface area contributed by atoms with Crippen molar-refractivity contribution in [1.29, 1.82) is 0 Å². The van der Waals surface area contributed by atoms with E-state index < -0.39 is 41.6 Å². The van der Waals surface area contributed by atoms with Crippen molar-refractivity contribution in [2.75, 3.05) is 13.2 Å². The molecule has 1 spiro atoms. The molecule has 0 aliphatic carbocycles. The second kappa shape index (κ2) is 4.00. The van der Waals surface area contributed by atoms with Crippen molar-refractivity contribution < 1.29 is 33.3 Å². The van der Waals surface area contributed by atoms with E-state index in [1.807, 2.05) is 0 Å². The van der Waals surface area contributed by atoms with Crippen LogP contribution in [0.3, 0.4) is 0 Å². The van der Waals surface area contributed by atoms with Gasteiger partial charge in [-0.05, 0) is 13.8 Å². The van der Waals surface area contributed by atoms with E-state index in [0.29, 0.717) is 0 Å². The van der Waals surface area contributed by atoms with Gasteiger partial charge in [0.15, 0.2) is 11.9 Å². The molecule has 0 aromatic heterocycles. The summed E-state index contributed by atoms with van der Waals surface area (Å²) in [4.78, 5) is 36.3. The molecule has 3 saturated heterocycles. The fourth-order valence-electron chi connectivity index (χ4n) is 2.63. The Bertz CT molecular complexity index is 502. The third kappa shape index (κ3) is 1.83. The molecule has 110 valence electrons. The number of amides is 2. The normalized spacial score (nSPS) is 39.0. The Morgan fingerprint density at radius 2 is 2.00 bits per heavy atom. The number of imide groups is 1. The maximum absolute atomic E-state index is 12.5. The summed E-state index contributed by atoms with van der Waals surface area (Å²) in [5.41, 5.74) is 0. The molecule has 0 aromatic rings. The standard InChI is InChI=1S/C12H15NO7/c1-6(14)13-5-12(20-10(13)16)9(15)8-7(4-17-12)18-11(2,3)19-8/h7-8H,4-5H2,1-3H3/t7-,8?,12+/m1/s1. The minimum atomic E-state index is -1.77. The van der Waals surface area contributed by atoms with Gasteiger partial charge in [-0.3, -0.25) is 9.59 Å². The average molecular weight is 285 g/mol. The lowest BCUT2D eigenvalue weighted by molar-refractivity contribution is -0.219. The predicted molar refractivity (Wildman–Crippen MR) is 61.4 cm³/mol. The number of hydrogen-bond donors (Lipinski definition) is 0. The van der Waals surface area contributed by atoms with Crippen LogP contribution in [0.1, 0.15) is 20.8 Å². The summed E-state index contributed by atoms with van der Waals surface area (Å²) < 4.78 is 21.5. The molecule has 0 saturated carbocycles. The molecule has 2 amide bonds. The van der Waals surface area contributed by atoms with E-state index in [0.717, 1.165) is 4.90 Å². The predicted octanol–water partition coefficient (Wildman–Crippen LogP) is -0.199. The van der Waals surface area contributed by atoms with E-state index in [4.69, 9.17) is 18.9 Å². The SMILES string of the molecule is CC(=O)N1C[C@]2(OC[C@H]3OC(C)(C)OC3C2=O)OC1=O. The molecule has 3 heterocycles. The molecule has 1 unspecified atom stereocenters. The molecule has 3 rings (SSSR count). The number of fused-ring (bicyclic) bond motifs is 1.